The molecule has 0 aromatic heterocycles. The molecule has 0 spiro atoms. The molecular weight excluding hydrogens is 306 g/mol. The number of nitrogens with two attached hydrogens (primary N) is 1. The molecule has 1 atom stereocenters. The van der Waals surface area contributed by atoms with Crippen LogP contribution in [0.3, 0.4) is 0 Å². The molecule has 2 aromatic carbocycles. The maximum Gasteiger partial charge on any atom is 0.325 e. The lowest BCUT2D eigenvalue weighted by molar-refractivity contribution is -0.138. The molecule has 0 saturated heterocycles. The van der Waals surface area contributed by atoms with Crippen LogP contribution in [0, 0.1) is 6.92 Å². The van der Waals surface area contributed by atoms with Gasteiger partial charge in [0.1, 0.15) is 6.04 Å². The molecular formula is C16H14ClNO2S. The summed E-state index contributed by atoms with van der Waals surface area (Å²) in [6.07, 6.45) is 0. The molecule has 0 bridgehead atoms. The second-order valence-electron chi connectivity index (χ2n) is 4.75. The fourth-order valence-corrected chi connectivity index (χ4v) is 2.49. The summed E-state index contributed by atoms with van der Waals surface area (Å²) in [7, 11) is 0. The van der Waals surface area contributed by atoms with Gasteiger partial charge in [-0.15, -0.1) is 0 Å². The summed E-state index contributed by atoms with van der Waals surface area (Å²) in [5, 5.41) is 9.46. The van der Waals surface area contributed by atoms with Gasteiger partial charge < -0.3 is 10.8 Å². The van der Waals surface area contributed by atoms with E-state index in [1.807, 2.05) is 31.2 Å². The molecule has 108 valence electrons. The molecule has 0 aliphatic rings. The number of carboxylic acid groups (broad SMARTS) is 1. The van der Waals surface area contributed by atoms with Crippen molar-refractivity contribution in [3.63, 3.8) is 0 Å². The van der Waals surface area contributed by atoms with Crippen molar-refractivity contribution in [2.45, 2.75) is 13.0 Å². The number of rotatable bonds is 4. The maximum absolute atomic E-state index is 11.0. The molecule has 3 N–H and O–H groups in total. The highest BCUT2D eigenvalue weighted by atomic mass is 35.5. The van der Waals surface area contributed by atoms with E-state index < -0.39 is 12.0 Å². The van der Waals surface area contributed by atoms with Crippen molar-refractivity contribution < 1.29 is 9.90 Å². The summed E-state index contributed by atoms with van der Waals surface area (Å²) in [5.41, 5.74) is 8.71. The number of halogens is 1. The van der Waals surface area contributed by atoms with Gasteiger partial charge in [-0.1, -0.05) is 59.7 Å². The van der Waals surface area contributed by atoms with Crippen LogP contribution in [-0.2, 0) is 4.79 Å². The van der Waals surface area contributed by atoms with E-state index in [-0.39, 0.29) is 0 Å². The molecule has 1 unspecified atom stereocenters. The van der Waals surface area contributed by atoms with Crippen molar-refractivity contribution in [3.8, 4) is 0 Å². The first kappa shape index (κ1) is 15.6. The van der Waals surface area contributed by atoms with Crippen LogP contribution in [0.25, 0.3) is 0 Å². The molecule has 0 saturated carbocycles. The lowest BCUT2D eigenvalue weighted by Crippen LogP contribution is -2.21. The predicted octanol–water partition coefficient (Wildman–Crippen LogP) is 3.50. The maximum atomic E-state index is 11.0. The third-order valence-electron chi connectivity index (χ3n) is 3.17. The van der Waals surface area contributed by atoms with E-state index in [0.717, 1.165) is 11.1 Å². The Kier molecular flexibility index (Phi) is 4.73. The summed E-state index contributed by atoms with van der Waals surface area (Å²) < 4.78 is 0. The standard InChI is InChI=1S/C16H14ClNO2S/c1-9-2-4-10(5-3-9)15(21)12-8-11(6-7-13(12)17)14(18)16(19)20/h2-8,14H,18H2,1H3,(H,19,20). The molecule has 0 heterocycles. The van der Waals surface area contributed by atoms with Crippen molar-refractivity contribution in [1.82, 2.24) is 0 Å². The third kappa shape index (κ3) is 3.47. The Balaban J connectivity index is 2.43. The second-order valence-corrected chi connectivity index (χ2v) is 5.57. The second kappa shape index (κ2) is 6.35. The minimum atomic E-state index is -1.10. The lowest BCUT2D eigenvalue weighted by Gasteiger charge is -2.12. The van der Waals surface area contributed by atoms with Crippen molar-refractivity contribution in [1.29, 1.82) is 0 Å². The van der Waals surface area contributed by atoms with Gasteiger partial charge in [0.05, 0.1) is 4.86 Å². The summed E-state index contributed by atoms with van der Waals surface area (Å²) in [6, 6.07) is 11.5. The third-order valence-corrected chi connectivity index (χ3v) is 3.96. The summed E-state index contributed by atoms with van der Waals surface area (Å²) in [4.78, 5) is 11.6. The number of carboxylic acids is 1. The Labute approximate surface area is 133 Å². The van der Waals surface area contributed by atoms with Gasteiger partial charge in [-0.3, -0.25) is 4.79 Å². The van der Waals surface area contributed by atoms with Crippen molar-refractivity contribution in [3.05, 3.63) is 69.7 Å². The first-order valence-corrected chi connectivity index (χ1v) is 7.08. The zero-order chi connectivity index (χ0) is 15.6. The lowest BCUT2D eigenvalue weighted by atomic mass is 9.99. The molecule has 2 aromatic rings. The largest absolute Gasteiger partial charge is 0.480 e. The number of aliphatic carboxylic acids is 1. The molecule has 0 fully saturated rings. The van der Waals surface area contributed by atoms with E-state index >= 15 is 0 Å². The number of aryl methyl sites for hydroxylation is 1. The van der Waals surface area contributed by atoms with Crippen LogP contribution in [0.4, 0.5) is 0 Å². The van der Waals surface area contributed by atoms with Crippen LogP contribution in [0.2, 0.25) is 5.02 Å². The van der Waals surface area contributed by atoms with E-state index in [4.69, 9.17) is 34.7 Å². The van der Waals surface area contributed by atoms with E-state index in [1.54, 1.807) is 18.2 Å². The fraction of sp³-hybridized carbons (Fsp3) is 0.125. The predicted molar refractivity (Wildman–Crippen MR) is 88.0 cm³/mol. The van der Waals surface area contributed by atoms with Gasteiger partial charge in [0.25, 0.3) is 0 Å². The highest BCUT2D eigenvalue weighted by molar-refractivity contribution is 7.81. The van der Waals surface area contributed by atoms with Gasteiger partial charge >= 0.3 is 5.97 Å². The Bertz CT molecular complexity index is 698. The first-order chi connectivity index (χ1) is 9.90. The summed E-state index contributed by atoms with van der Waals surface area (Å²) >= 11 is 11.6. The van der Waals surface area contributed by atoms with Crippen LogP contribution >= 0.6 is 23.8 Å². The smallest absolute Gasteiger partial charge is 0.325 e. The normalized spacial score (nSPS) is 12.0. The van der Waals surface area contributed by atoms with E-state index in [9.17, 15) is 4.79 Å². The van der Waals surface area contributed by atoms with Crippen LogP contribution in [0.15, 0.2) is 42.5 Å². The van der Waals surface area contributed by atoms with Gasteiger partial charge in [0, 0.05) is 10.6 Å². The van der Waals surface area contributed by atoms with E-state index in [2.05, 4.69) is 0 Å². The monoisotopic (exact) mass is 319 g/mol. The molecule has 3 nitrogen and oxygen atoms in total. The highest BCUT2D eigenvalue weighted by Crippen LogP contribution is 2.24. The Morgan fingerprint density at radius 1 is 1.24 bits per heavy atom. The zero-order valence-electron chi connectivity index (χ0n) is 11.3. The van der Waals surface area contributed by atoms with E-state index in [0.29, 0.717) is 21.0 Å². The number of hydrogen-bond acceptors (Lipinski definition) is 3. The number of carbonyl (C=O) groups is 1. The zero-order valence-corrected chi connectivity index (χ0v) is 12.9. The highest BCUT2D eigenvalue weighted by Gasteiger charge is 2.17. The Morgan fingerprint density at radius 2 is 1.86 bits per heavy atom. The quantitative estimate of drug-likeness (QED) is 0.669. The van der Waals surface area contributed by atoms with Gasteiger partial charge in [0.2, 0.25) is 0 Å². The SMILES string of the molecule is Cc1ccc(C(=S)c2cc(C(N)C(=O)O)ccc2Cl)cc1. The van der Waals surface area contributed by atoms with Gasteiger partial charge in [0.15, 0.2) is 0 Å². The fourth-order valence-electron chi connectivity index (χ4n) is 1.91. The number of hydrogen-bond donors (Lipinski definition) is 2. The average molecular weight is 320 g/mol. The molecule has 0 aliphatic heterocycles. The van der Waals surface area contributed by atoms with Crippen molar-refractivity contribution in [2.24, 2.45) is 5.73 Å². The molecule has 5 heteroatoms. The number of thiocarbonyl (C=S) groups is 1. The first-order valence-electron chi connectivity index (χ1n) is 6.29. The van der Waals surface area contributed by atoms with Crippen LogP contribution in [0.5, 0.6) is 0 Å². The molecule has 21 heavy (non-hydrogen) atoms. The van der Waals surface area contributed by atoms with E-state index in [1.165, 1.54) is 0 Å². The van der Waals surface area contributed by atoms with Gasteiger partial charge in [-0.05, 0) is 30.2 Å². The Hall–Kier alpha value is -1.75. The Morgan fingerprint density at radius 3 is 2.43 bits per heavy atom. The van der Waals surface area contributed by atoms with Crippen molar-refractivity contribution in [2.75, 3.05) is 0 Å². The van der Waals surface area contributed by atoms with Crippen LogP contribution < -0.4 is 5.73 Å². The topological polar surface area (TPSA) is 63.3 Å². The van der Waals surface area contributed by atoms with Gasteiger partial charge in [-0.2, -0.15) is 0 Å². The average Bonchev–Trinajstić information content (AvgIpc) is 2.47. The minimum Gasteiger partial charge on any atom is -0.480 e. The summed E-state index contributed by atoms with van der Waals surface area (Å²) in [6.45, 7) is 1.99. The molecule has 2 rings (SSSR count). The molecule has 0 radical (unpaired) electrons. The van der Waals surface area contributed by atoms with Crippen LogP contribution in [0.1, 0.15) is 28.3 Å². The summed E-state index contributed by atoms with van der Waals surface area (Å²) in [5.74, 6) is -1.09. The number of benzene rings is 2. The van der Waals surface area contributed by atoms with Crippen LogP contribution in [-0.4, -0.2) is 15.9 Å². The molecule has 0 amide bonds. The minimum absolute atomic E-state index is 0.469. The van der Waals surface area contributed by atoms with Gasteiger partial charge in [-0.25, -0.2) is 0 Å². The van der Waals surface area contributed by atoms with Crippen molar-refractivity contribution >= 4 is 34.7 Å². The molecule has 0 aliphatic carbocycles.